The van der Waals surface area contributed by atoms with Crippen LogP contribution in [-0.4, -0.2) is 25.6 Å². The van der Waals surface area contributed by atoms with E-state index in [4.69, 9.17) is 5.73 Å². The van der Waals surface area contributed by atoms with Gasteiger partial charge in [-0.05, 0) is 22.9 Å². The van der Waals surface area contributed by atoms with Crippen LogP contribution in [0.25, 0.3) is 0 Å². The number of hydrogen-bond donors (Lipinski definition) is 2. The summed E-state index contributed by atoms with van der Waals surface area (Å²) in [5, 5.41) is 3.26. The van der Waals surface area contributed by atoms with Gasteiger partial charge >= 0.3 is 0 Å². The van der Waals surface area contributed by atoms with Crippen molar-refractivity contribution >= 4 is 27.6 Å². The molecule has 0 bridgehead atoms. The number of nitrogen functional groups attached to an aromatic ring is 1. The predicted octanol–water partition coefficient (Wildman–Crippen LogP) is 1.52. The lowest BCUT2D eigenvalue weighted by molar-refractivity contribution is 0.616. The topological polar surface area (TPSA) is 81.7 Å². The zero-order valence-corrected chi connectivity index (χ0v) is 10.9. The lowest BCUT2D eigenvalue weighted by atomic mass is 10.3. The minimum atomic E-state index is 0.204. The monoisotopic (exact) mass is 296 g/mol. The lowest BCUT2D eigenvalue weighted by Gasteiger charge is -2.16. The standard InChI is InChI=1S/C10H13BrN6/c1-7(4-17-3-2-13-6-17)16-10-8(11)9(12)14-5-15-10/h2-3,5-7H,4H2,1H3,(H3,12,14,15,16). The first-order valence-electron chi connectivity index (χ1n) is 5.15. The Morgan fingerprint density at radius 2 is 2.35 bits per heavy atom. The number of nitrogens with zero attached hydrogens (tertiary/aromatic N) is 4. The molecule has 7 heteroatoms. The molecule has 0 saturated carbocycles. The summed E-state index contributed by atoms with van der Waals surface area (Å²) >= 11 is 3.35. The minimum Gasteiger partial charge on any atom is -0.383 e. The van der Waals surface area contributed by atoms with Crippen LogP contribution in [0, 0.1) is 0 Å². The fourth-order valence-electron chi connectivity index (χ4n) is 1.47. The number of imidazole rings is 1. The molecule has 1 unspecified atom stereocenters. The molecule has 3 N–H and O–H groups in total. The molecule has 17 heavy (non-hydrogen) atoms. The minimum absolute atomic E-state index is 0.204. The molecule has 0 aliphatic heterocycles. The van der Waals surface area contributed by atoms with Gasteiger partial charge in [-0.25, -0.2) is 15.0 Å². The maximum atomic E-state index is 5.68. The lowest BCUT2D eigenvalue weighted by Crippen LogP contribution is -2.22. The fourth-order valence-corrected chi connectivity index (χ4v) is 1.79. The summed E-state index contributed by atoms with van der Waals surface area (Å²) in [5.74, 6) is 1.13. The Balaban J connectivity index is 2.03. The average Bonchev–Trinajstić information content (AvgIpc) is 2.77. The zero-order valence-electron chi connectivity index (χ0n) is 9.34. The molecule has 2 heterocycles. The number of halogens is 1. The summed E-state index contributed by atoms with van der Waals surface area (Å²) in [6, 6.07) is 0.204. The Hall–Kier alpha value is -1.63. The highest BCUT2D eigenvalue weighted by atomic mass is 79.9. The largest absolute Gasteiger partial charge is 0.383 e. The van der Waals surface area contributed by atoms with Crippen molar-refractivity contribution in [3.63, 3.8) is 0 Å². The van der Waals surface area contributed by atoms with E-state index >= 15 is 0 Å². The smallest absolute Gasteiger partial charge is 0.146 e. The Labute approximate surface area is 107 Å². The van der Waals surface area contributed by atoms with Crippen molar-refractivity contribution in [2.24, 2.45) is 0 Å². The van der Waals surface area contributed by atoms with E-state index in [1.54, 1.807) is 12.5 Å². The number of hydrogen-bond acceptors (Lipinski definition) is 5. The third-order valence-corrected chi connectivity index (χ3v) is 3.03. The maximum absolute atomic E-state index is 5.68. The zero-order chi connectivity index (χ0) is 12.3. The van der Waals surface area contributed by atoms with Gasteiger partial charge in [0.2, 0.25) is 0 Å². The third-order valence-electron chi connectivity index (χ3n) is 2.24. The van der Waals surface area contributed by atoms with Gasteiger partial charge in [0, 0.05) is 25.0 Å². The van der Waals surface area contributed by atoms with Crippen molar-refractivity contribution < 1.29 is 0 Å². The molecule has 2 aromatic heterocycles. The van der Waals surface area contributed by atoms with Gasteiger partial charge in [0.15, 0.2) is 0 Å². The van der Waals surface area contributed by atoms with E-state index in [0.717, 1.165) is 6.54 Å². The van der Waals surface area contributed by atoms with Gasteiger partial charge < -0.3 is 15.6 Å². The van der Waals surface area contributed by atoms with Gasteiger partial charge in [0.25, 0.3) is 0 Å². The van der Waals surface area contributed by atoms with Crippen molar-refractivity contribution in [3.8, 4) is 0 Å². The van der Waals surface area contributed by atoms with Crippen LogP contribution in [0.4, 0.5) is 11.6 Å². The van der Waals surface area contributed by atoms with E-state index in [1.807, 2.05) is 10.8 Å². The van der Waals surface area contributed by atoms with Crippen molar-refractivity contribution in [3.05, 3.63) is 29.5 Å². The normalized spacial score (nSPS) is 12.4. The molecule has 6 nitrogen and oxygen atoms in total. The molecule has 0 saturated heterocycles. The molecule has 2 aromatic rings. The Bertz CT molecular complexity index is 484. The predicted molar refractivity (Wildman–Crippen MR) is 69.5 cm³/mol. The number of anilines is 2. The summed E-state index contributed by atoms with van der Waals surface area (Å²) in [4.78, 5) is 12.0. The van der Waals surface area contributed by atoms with Gasteiger partial charge in [-0.2, -0.15) is 0 Å². The molecule has 0 radical (unpaired) electrons. The molecule has 90 valence electrons. The second-order valence-electron chi connectivity index (χ2n) is 3.73. The highest BCUT2D eigenvalue weighted by Gasteiger charge is 2.09. The highest BCUT2D eigenvalue weighted by Crippen LogP contribution is 2.24. The van der Waals surface area contributed by atoms with E-state index in [1.165, 1.54) is 6.33 Å². The molecule has 0 aliphatic rings. The molecular formula is C10H13BrN6. The molecule has 0 aromatic carbocycles. The molecular weight excluding hydrogens is 284 g/mol. The van der Waals surface area contributed by atoms with Gasteiger partial charge in [-0.15, -0.1) is 0 Å². The van der Waals surface area contributed by atoms with Crippen LogP contribution in [-0.2, 0) is 6.54 Å². The van der Waals surface area contributed by atoms with Crippen LogP contribution in [0.5, 0.6) is 0 Å². The number of rotatable bonds is 4. The Kier molecular flexibility index (Phi) is 3.58. The van der Waals surface area contributed by atoms with Crippen LogP contribution in [0.3, 0.4) is 0 Å². The summed E-state index contributed by atoms with van der Waals surface area (Å²) < 4.78 is 2.69. The van der Waals surface area contributed by atoms with Crippen molar-refractivity contribution in [1.29, 1.82) is 0 Å². The van der Waals surface area contributed by atoms with E-state index in [-0.39, 0.29) is 6.04 Å². The van der Waals surface area contributed by atoms with Gasteiger partial charge in [-0.3, -0.25) is 0 Å². The second kappa shape index (κ2) is 5.13. The van der Waals surface area contributed by atoms with Crippen LogP contribution >= 0.6 is 15.9 Å². The Morgan fingerprint density at radius 3 is 3.06 bits per heavy atom. The Morgan fingerprint density at radius 1 is 1.53 bits per heavy atom. The van der Waals surface area contributed by atoms with Crippen LogP contribution in [0.1, 0.15) is 6.92 Å². The summed E-state index contributed by atoms with van der Waals surface area (Å²) in [5.41, 5.74) is 5.68. The molecule has 0 fully saturated rings. The van der Waals surface area contributed by atoms with Crippen LogP contribution in [0.2, 0.25) is 0 Å². The van der Waals surface area contributed by atoms with Gasteiger partial charge in [-0.1, -0.05) is 0 Å². The van der Waals surface area contributed by atoms with E-state index in [2.05, 4.69) is 43.1 Å². The third kappa shape index (κ3) is 2.94. The summed E-state index contributed by atoms with van der Waals surface area (Å²) in [6.07, 6.45) is 6.89. The van der Waals surface area contributed by atoms with E-state index < -0.39 is 0 Å². The van der Waals surface area contributed by atoms with Crippen LogP contribution < -0.4 is 11.1 Å². The van der Waals surface area contributed by atoms with Crippen molar-refractivity contribution in [2.45, 2.75) is 19.5 Å². The quantitative estimate of drug-likeness (QED) is 0.894. The number of aromatic nitrogens is 4. The molecule has 1 atom stereocenters. The first kappa shape index (κ1) is 11.8. The second-order valence-corrected chi connectivity index (χ2v) is 4.52. The average molecular weight is 297 g/mol. The highest BCUT2D eigenvalue weighted by molar-refractivity contribution is 9.10. The molecule has 0 spiro atoms. The van der Waals surface area contributed by atoms with E-state index in [0.29, 0.717) is 16.1 Å². The maximum Gasteiger partial charge on any atom is 0.146 e. The molecule has 0 amide bonds. The molecule has 2 rings (SSSR count). The molecule has 0 aliphatic carbocycles. The number of nitrogens with one attached hydrogen (secondary N) is 1. The first-order chi connectivity index (χ1) is 8.16. The fraction of sp³-hybridized carbons (Fsp3) is 0.300. The number of nitrogens with two attached hydrogens (primary N) is 1. The van der Waals surface area contributed by atoms with Crippen molar-refractivity contribution in [2.75, 3.05) is 11.1 Å². The van der Waals surface area contributed by atoms with Gasteiger partial charge in [0.05, 0.1) is 6.33 Å². The van der Waals surface area contributed by atoms with Crippen LogP contribution in [0.15, 0.2) is 29.5 Å². The van der Waals surface area contributed by atoms with Crippen molar-refractivity contribution in [1.82, 2.24) is 19.5 Å². The SMILES string of the molecule is CC(Cn1ccnc1)Nc1ncnc(N)c1Br. The van der Waals surface area contributed by atoms with Gasteiger partial charge in [0.1, 0.15) is 22.4 Å². The van der Waals surface area contributed by atoms with E-state index in [9.17, 15) is 0 Å². The first-order valence-corrected chi connectivity index (χ1v) is 5.94. The summed E-state index contributed by atoms with van der Waals surface area (Å²) in [7, 11) is 0. The summed E-state index contributed by atoms with van der Waals surface area (Å²) in [6.45, 7) is 2.86.